The zero-order valence-electron chi connectivity index (χ0n) is 26.6. The van der Waals surface area contributed by atoms with Gasteiger partial charge in [-0.05, 0) is 50.1 Å². The Morgan fingerprint density at radius 3 is 2.30 bits per heavy atom. The highest BCUT2D eigenvalue weighted by Gasteiger charge is 2.33. The van der Waals surface area contributed by atoms with Crippen molar-refractivity contribution in [3.63, 3.8) is 0 Å². The molecule has 3 aromatic carbocycles. The number of likely N-dealkylation sites (N-methyl/N-ethyl adjacent to an activating group) is 1. The van der Waals surface area contributed by atoms with E-state index in [9.17, 15) is 22.8 Å². The highest BCUT2D eigenvalue weighted by atomic mass is 32.2. The lowest BCUT2D eigenvalue weighted by Crippen LogP contribution is -2.56. The number of aryl methyl sites for hydroxylation is 2. The second-order valence-corrected chi connectivity index (χ2v) is 13.6. The molecular formula is C35H37N5O6S. The van der Waals surface area contributed by atoms with Gasteiger partial charge in [-0.2, -0.15) is 0 Å². The monoisotopic (exact) mass is 655 g/mol. The van der Waals surface area contributed by atoms with E-state index in [1.165, 1.54) is 11.8 Å². The minimum Gasteiger partial charge on any atom is -0.361 e. The Labute approximate surface area is 273 Å². The lowest BCUT2D eigenvalue weighted by atomic mass is 9.99. The molecular weight excluding hydrogens is 618 g/mol. The fourth-order valence-corrected chi connectivity index (χ4v) is 6.13. The Hall–Kier alpha value is -5.23. The van der Waals surface area contributed by atoms with Crippen LogP contribution in [0.25, 0.3) is 22.2 Å². The summed E-state index contributed by atoms with van der Waals surface area (Å²) in [7, 11) is -2.38. The molecule has 11 nitrogen and oxygen atoms in total. The van der Waals surface area contributed by atoms with E-state index in [0.717, 1.165) is 33.2 Å². The molecule has 0 saturated heterocycles. The predicted molar refractivity (Wildman–Crippen MR) is 179 cm³/mol. The molecule has 0 spiro atoms. The Balaban J connectivity index is 1.47. The summed E-state index contributed by atoms with van der Waals surface area (Å²) < 4.78 is 32.1. The average Bonchev–Trinajstić information content (AvgIpc) is 3.73. The van der Waals surface area contributed by atoms with Crippen molar-refractivity contribution < 1.29 is 27.3 Å². The first kappa shape index (κ1) is 33.1. The average molecular weight is 656 g/mol. The van der Waals surface area contributed by atoms with Gasteiger partial charge >= 0.3 is 0 Å². The number of para-hydroxylation sites is 1. The number of nitrogens with one attached hydrogen (secondary N) is 3. The van der Waals surface area contributed by atoms with Crippen LogP contribution in [-0.2, 0) is 32.5 Å². The highest BCUT2D eigenvalue weighted by Crippen LogP contribution is 2.22. The molecule has 2 heterocycles. The van der Waals surface area contributed by atoms with E-state index in [-0.39, 0.29) is 24.5 Å². The fourth-order valence-electron chi connectivity index (χ4n) is 5.54. The Bertz CT molecular complexity index is 1980. The van der Waals surface area contributed by atoms with Crippen molar-refractivity contribution in [1.29, 1.82) is 0 Å². The third kappa shape index (κ3) is 7.95. The van der Waals surface area contributed by atoms with Gasteiger partial charge in [-0.15, -0.1) is 0 Å². The van der Waals surface area contributed by atoms with E-state index in [1.807, 2.05) is 68.4 Å². The number of hydrogen-bond acceptors (Lipinski definition) is 7. The second-order valence-electron chi connectivity index (χ2n) is 11.6. The summed E-state index contributed by atoms with van der Waals surface area (Å²) in [5.41, 5.74) is 5.32. The van der Waals surface area contributed by atoms with Crippen LogP contribution in [0.4, 0.5) is 0 Å². The van der Waals surface area contributed by atoms with Crippen molar-refractivity contribution in [2.24, 2.45) is 0 Å². The predicted octanol–water partition coefficient (Wildman–Crippen LogP) is 4.32. The number of carbonyl (C=O) groups is 3. The van der Waals surface area contributed by atoms with E-state index in [1.54, 1.807) is 37.6 Å². The van der Waals surface area contributed by atoms with E-state index in [0.29, 0.717) is 16.9 Å². The molecule has 3 amide bonds. The quantitative estimate of drug-likeness (QED) is 0.181. The number of aromatic nitrogens is 2. The van der Waals surface area contributed by atoms with Crippen LogP contribution in [0.5, 0.6) is 0 Å². The number of nitrogens with zero attached hydrogens (tertiary/aromatic N) is 2. The number of hydrogen-bond donors (Lipinski definition) is 3. The van der Waals surface area contributed by atoms with Crippen LogP contribution in [0.15, 0.2) is 89.7 Å². The van der Waals surface area contributed by atoms with Crippen molar-refractivity contribution in [3.05, 3.63) is 113 Å². The van der Waals surface area contributed by atoms with Crippen LogP contribution < -0.4 is 10.0 Å². The van der Waals surface area contributed by atoms with E-state index >= 15 is 0 Å². The fraction of sp³-hybridized carbons (Fsp3) is 0.257. The molecule has 5 rings (SSSR count). The number of carbonyl (C=O) groups excluding carboxylic acids is 3. The Kier molecular flexibility index (Phi) is 9.90. The van der Waals surface area contributed by atoms with Crippen molar-refractivity contribution >= 4 is 38.6 Å². The summed E-state index contributed by atoms with van der Waals surface area (Å²) in [6.07, 6.45) is 3.40. The highest BCUT2D eigenvalue weighted by molar-refractivity contribution is 7.90. The Morgan fingerprint density at radius 1 is 0.936 bits per heavy atom. The number of fused-ring (bicyclic) bond motifs is 1. The number of amides is 3. The number of rotatable bonds is 12. The Morgan fingerprint density at radius 2 is 1.64 bits per heavy atom. The van der Waals surface area contributed by atoms with Gasteiger partial charge in [0.25, 0.3) is 11.8 Å². The number of benzene rings is 3. The molecule has 0 aliphatic carbocycles. The van der Waals surface area contributed by atoms with Gasteiger partial charge in [0.05, 0.1) is 11.9 Å². The molecule has 0 radical (unpaired) electrons. The first-order valence-corrected chi connectivity index (χ1v) is 16.8. The van der Waals surface area contributed by atoms with Crippen LogP contribution in [0.2, 0.25) is 0 Å². The SMILES string of the molecule is CCS(=O)(=O)NC(=O)[C@H](Cc1c[nH]c2ccccc12)NC(=O)[C@@H](Cc1ccc(-c2ccno2)cc1)N(C)C(=O)c1cc(C)cc(C)c1. The molecule has 2 aromatic heterocycles. The molecule has 3 N–H and O–H groups in total. The van der Waals surface area contributed by atoms with Gasteiger partial charge in [0.1, 0.15) is 12.1 Å². The molecule has 2 atom stereocenters. The molecule has 5 aromatic rings. The van der Waals surface area contributed by atoms with Crippen LogP contribution in [0.1, 0.15) is 39.5 Å². The molecule has 0 aliphatic rings. The summed E-state index contributed by atoms with van der Waals surface area (Å²) >= 11 is 0. The lowest BCUT2D eigenvalue weighted by molar-refractivity contribution is -0.130. The van der Waals surface area contributed by atoms with Gasteiger partial charge < -0.3 is 19.7 Å². The van der Waals surface area contributed by atoms with E-state index in [4.69, 9.17) is 4.52 Å². The molecule has 12 heteroatoms. The smallest absolute Gasteiger partial charge is 0.256 e. The molecule has 47 heavy (non-hydrogen) atoms. The summed E-state index contributed by atoms with van der Waals surface area (Å²) in [5, 5.41) is 7.36. The molecule has 0 saturated carbocycles. The van der Waals surface area contributed by atoms with Gasteiger partial charge in [0.15, 0.2) is 5.76 Å². The summed E-state index contributed by atoms with van der Waals surface area (Å²) in [4.78, 5) is 45.9. The van der Waals surface area contributed by atoms with Gasteiger partial charge in [-0.25, -0.2) is 8.42 Å². The lowest BCUT2D eigenvalue weighted by Gasteiger charge is -2.29. The molecule has 244 valence electrons. The standard InChI is InChI=1S/C35H37N5O6S/c1-5-47(44,45)39-33(41)30(20-27-21-36-29-9-7-6-8-28(27)29)38-34(42)31(40(4)35(43)26-17-22(2)16-23(3)18-26)19-24-10-12-25(13-11-24)32-14-15-37-46-32/h6-18,21,30-31,36H,5,19-20H2,1-4H3,(H,38,42)(H,39,41)/t30-,31+/m0/s1. The van der Waals surface area contributed by atoms with Gasteiger partial charge in [0, 0.05) is 54.2 Å². The minimum atomic E-state index is -3.92. The summed E-state index contributed by atoms with van der Waals surface area (Å²) in [5.74, 6) is -1.59. The molecule has 0 unspecified atom stereocenters. The maximum absolute atomic E-state index is 14.2. The normalized spacial score (nSPS) is 12.8. The second kappa shape index (κ2) is 14.0. The van der Waals surface area contributed by atoms with Gasteiger partial charge in [-0.3, -0.25) is 19.1 Å². The van der Waals surface area contributed by atoms with E-state index in [2.05, 4.69) is 20.2 Å². The minimum absolute atomic E-state index is 0.00809. The van der Waals surface area contributed by atoms with Crippen molar-refractivity contribution in [3.8, 4) is 11.3 Å². The van der Waals surface area contributed by atoms with Crippen molar-refractivity contribution in [2.75, 3.05) is 12.8 Å². The number of sulfonamides is 1. The number of aromatic amines is 1. The third-order valence-electron chi connectivity index (χ3n) is 8.03. The zero-order valence-corrected chi connectivity index (χ0v) is 27.4. The van der Waals surface area contributed by atoms with Gasteiger partial charge in [-0.1, -0.05) is 64.8 Å². The molecule has 0 bridgehead atoms. The zero-order chi connectivity index (χ0) is 33.7. The summed E-state index contributed by atoms with van der Waals surface area (Å²) in [6.45, 7) is 5.20. The van der Waals surface area contributed by atoms with Crippen LogP contribution in [-0.4, -0.2) is 66.1 Å². The molecule has 0 aliphatic heterocycles. The van der Waals surface area contributed by atoms with Crippen LogP contribution >= 0.6 is 0 Å². The van der Waals surface area contributed by atoms with Crippen molar-refractivity contribution in [2.45, 2.75) is 45.7 Å². The maximum Gasteiger partial charge on any atom is 0.256 e. The third-order valence-corrected chi connectivity index (χ3v) is 9.30. The van der Waals surface area contributed by atoms with Crippen LogP contribution in [0, 0.1) is 13.8 Å². The van der Waals surface area contributed by atoms with Gasteiger partial charge in [0.2, 0.25) is 15.9 Å². The molecule has 0 fully saturated rings. The van der Waals surface area contributed by atoms with Crippen molar-refractivity contribution in [1.82, 2.24) is 25.1 Å². The number of H-pyrrole nitrogens is 1. The first-order valence-electron chi connectivity index (χ1n) is 15.2. The van der Waals surface area contributed by atoms with Crippen LogP contribution in [0.3, 0.4) is 0 Å². The topological polar surface area (TPSA) is 154 Å². The van der Waals surface area contributed by atoms with E-state index < -0.39 is 33.9 Å². The largest absolute Gasteiger partial charge is 0.361 e. The maximum atomic E-state index is 14.2. The first-order chi connectivity index (χ1) is 22.4. The summed E-state index contributed by atoms with van der Waals surface area (Å²) in [6, 6.07) is 19.7.